The van der Waals surface area contributed by atoms with E-state index >= 15 is 0 Å². The number of aromatic nitrogens is 2. The highest BCUT2D eigenvalue weighted by Crippen LogP contribution is 2.24. The van der Waals surface area contributed by atoms with Crippen LogP contribution in [0.5, 0.6) is 0 Å². The minimum Gasteiger partial charge on any atom is -0.467 e. The number of hydrogen-bond acceptors (Lipinski definition) is 5. The predicted molar refractivity (Wildman–Crippen MR) is 87.1 cm³/mol. The van der Waals surface area contributed by atoms with Crippen LogP contribution in [0.15, 0.2) is 28.9 Å². The van der Waals surface area contributed by atoms with Crippen LogP contribution >= 0.6 is 0 Å². The summed E-state index contributed by atoms with van der Waals surface area (Å²) in [5, 5.41) is 2.95. The van der Waals surface area contributed by atoms with Gasteiger partial charge in [0.25, 0.3) is 0 Å². The minimum atomic E-state index is -0.177. The fraction of sp³-hybridized carbons (Fsp3) is 0.471. The molecular weight excluding hydrogens is 292 g/mol. The third-order valence-corrected chi connectivity index (χ3v) is 4.07. The van der Waals surface area contributed by atoms with E-state index in [0.717, 1.165) is 48.9 Å². The molecule has 122 valence electrons. The van der Waals surface area contributed by atoms with Crippen LogP contribution in [-0.4, -0.2) is 28.5 Å². The highest BCUT2D eigenvalue weighted by atomic mass is 16.3. The smallest absolute Gasteiger partial charge is 0.243 e. The Hall–Kier alpha value is -2.37. The molecule has 0 spiro atoms. The lowest BCUT2D eigenvalue weighted by atomic mass is 10.2. The third-order valence-electron chi connectivity index (χ3n) is 4.07. The van der Waals surface area contributed by atoms with Crippen LogP contribution in [0, 0.1) is 6.92 Å². The largest absolute Gasteiger partial charge is 0.467 e. The molecule has 1 amide bonds. The molecule has 2 aromatic rings. The van der Waals surface area contributed by atoms with E-state index in [1.165, 1.54) is 0 Å². The van der Waals surface area contributed by atoms with Gasteiger partial charge in [-0.05, 0) is 31.9 Å². The van der Waals surface area contributed by atoms with E-state index in [4.69, 9.17) is 4.42 Å². The van der Waals surface area contributed by atoms with Gasteiger partial charge in [-0.1, -0.05) is 6.92 Å². The molecule has 0 aliphatic carbocycles. The molecule has 1 N–H and O–H groups in total. The van der Waals surface area contributed by atoms with Crippen molar-refractivity contribution in [2.45, 2.75) is 45.7 Å². The normalized spacial score (nSPS) is 17.5. The van der Waals surface area contributed by atoms with Crippen molar-refractivity contribution in [2.75, 3.05) is 11.4 Å². The molecule has 1 aliphatic rings. The molecule has 23 heavy (non-hydrogen) atoms. The van der Waals surface area contributed by atoms with Crippen LogP contribution in [0.1, 0.15) is 37.0 Å². The Labute approximate surface area is 135 Å². The van der Waals surface area contributed by atoms with E-state index < -0.39 is 0 Å². The number of aryl methyl sites for hydroxylation is 2. The Bertz CT molecular complexity index is 669. The zero-order chi connectivity index (χ0) is 16.2. The maximum atomic E-state index is 12.5. The summed E-state index contributed by atoms with van der Waals surface area (Å²) in [6, 6.07) is 5.45. The molecule has 1 aliphatic heterocycles. The van der Waals surface area contributed by atoms with Crippen LogP contribution in [0.2, 0.25) is 0 Å². The van der Waals surface area contributed by atoms with E-state index in [9.17, 15) is 4.79 Å². The van der Waals surface area contributed by atoms with Gasteiger partial charge in [0.1, 0.15) is 23.4 Å². The molecule has 6 heteroatoms. The lowest BCUT2D eigenvalue weighted by molar-refractivity contribution is -0.122. The molecule has 2 aromatic heterocycles. The number of amides is 1. The second kappa shape index (κ2) is 6.81. The molecular formula is C17H22N4O2. The molecule has 6 nitrogen and oxygen atoms in total. The highest BCUT2D eigenvalue weighted by molar-refractivity contribution is 5.85. The van der Waals surface area contributed by atoms with E-state index in [1.807, 2.05) is 32.0 Å². The summed E-state index contributed by atoms with van der Waals surface area (Å²) in [5.41, 5.74) is 0.938. The second-order valence-electron chi connectivity index (χ2n) is 5.79. The van der Waals surface area contributed by atoms with Gasteiger partial charge in [0.15, 0.2) is 0 Å². The minimum absolute atomic E-state index is 0.0215. The Morgan fingerprint density at radius 3 is 3.09 bits per heavy atom. The van der Waals surface area contributed by atoms with Crippen molar-refractivity contribution in [3.63, 3.8) is 0 Å². The quantitative estimate of drug-likeness (QED) is 0.916. The van der Waals surface area contributed by atoms with Gasteiger partial charge in [0, 0.05) is 24.7 Å². The van der Waals surface area contributed by atoms with Crippen LogP contribution in [0.4, 0.5) is 5.82 Å². The maximum absolute atomic E-state index is 12.5. The summed E-state index contributed by atoms with van der Waals surface area (Å²) in [4.78, 5) is 23.6. The number of carbonyl (C=O) groups is 1. The van der Waals surface area contributed by atoms with Gasteiger partial charge in [-0.3, -0.25) is 4.79 Å². The Balaban J connectivity index is 1.72. The number of hydrogen-bond donors (Lipinski definition) is 1. The maximum Gasteiger partial charge on any atom is 0.243 e. The van der Waals surface area contributed by atoms with Crippen molar-refractivity contribution in [2.24, 2.45) is 0 Å². The lowest BCUT2D eigenvalue weighted by Gasteiger charge is -2.25. The van der Waals surface area contributed by atoms with Crippen molar-refractivity contribution in [1.29, 1.82) is 0 Å². The zero-order valence-electron chi connectivity index (χ0n) is 13.6. The number of furan rings is 1. The van der Waals surface area contributed by atoms with Gasteiger partial charge in [-0.15, -0.1) is 0 Å². The fourth-order valence-electron chi connectivity index (χ4n) is 2.94. The van der Waals surface area contributed by atoms with Crippen molar-refractivity contribution < 1.29 is 9.21 Å². The third kappa shape index (κ3) is 3.52. The van der Waals surface area contributed by atoms with Gasteiger partial charge < -0.3 is 14.6 Å². The first-order valence-corrected chi connectivity index (χ1v) is 8.08. The number of nitrogens with zero attached hydrogens (tertiary/aromatic N) is 3. The summed E-state index contributed by atoms with van der Waals surface area (Å²) >= 11 is 0. The molecule has 0 aromatic carbocycles. The summed E-state index contributed by atoms with van der Waals surface area (Å²) in [7, 11) is 0. The van der Waals surface area contributed by atoms with E-state index in [1.54, 1.807) is 6.26 Å². The molecule has 1 unspecified atom stereocenters. The molecule has 1 saturated heterocycles. The van der Waals surface area contributed by atoms with Crippen LogP contribution < -0.4 is 10.2 Å². The average Bonchev–Trinajstić information content (AvgIpc) is 3.23. The fourth-order valence-corrected chi connectivity index (χ4v) is 2.94. The van der Waals surface area contributed by atoms with E-state index in [2.05, 4.69) is 20.2 Å². The van der Waals surface area contributed by atoms with Crippen molar-refractivity contribution >= 4 is 11.7 Å². The Kier molecular flexibility index (Phi) is 4.60. The highest BCUT2D eigenvalue weighted by Gasteiger charge is 2.31. The molecule has 1 fully saturated rings. The topological polar surface area (TPSA) is 71.3 Å². The van der Waals surface area contributed by atoms with Gasteiger partial charge in [0.05, 0.1) is 12.8 Å². The van der Waals surface area contributed by atoms with Gasteiger partial charge in [-0.2, -0.15) is 0 Å². The number of carbonyl (C=O) groups excluding carboxylic acids is 1. The summed E-state index contributed by atoms with van der Waals surface area (Å²) in [6.45, 7) is 5.26. The monoisotopic (exact) mass is 314 g/mol. The van der Waals surface area contributed by atoms with Crippen LogP contribution in [0.25, 0.3) is 0 Å². The van der Waals surface area contributed by atoms with E-state index in [-0.39, 0.29) is 11.9 Å². The van der Waals surface area contributed by atoms with Crippen molar-refractivity contribution in [3.8, 4) is 0 Å². The predicted octanol–water partition coefficient (Wildman–Crippen LogP) is 2.23. The summed E-state index contributed by atoms with van der Waals surface area (Å²) < 4.78 is 5.26. The molecule has 1 atom stereocenters. The molecule has 0 bridgehead atoms. The van der Waals surface area contributed by atoms with Gasteiger partial charge in [-0.25, -0.2) is 9.97 Å². The second-order valence-corrected chi connectivity index (χ2v) is 5.79. The van der Waals surface area contributed by atoms with Crippen LogP contribution in [-0.2, 0) is 17.8 Å². The van der Waals surface area contributed by atoms with Gasteiger partial charge in [0.2, 0.25) is 5.91 Å². The number of nitrogens with one attached hydrogen (secondary N) is 1. The van der Waals surface area contributed by atoms with Gasteiger partial charge >= 0.3 is 0 Å². The molecule has 0 radical (unpaired) electrons. The standard InChI is InChI=1S/C17H22N4O2/c1-3-15-19-12(2)10-16(20-15)21-8-4-7-14(21)17(22)18-11-13-6-5-9-23-13/h5-6,9-10,14H,3-4,7-8,11H2,1-2H3,(H,18,22). The summed E-state index contributed by atoms with van der Waals surface area (Å²) in [5.74, 6) is 2.45. The first-order valence-electron chi connectivity index (χ1n) is 8.08. The lowest BCUT2D eigenvalue weighted by Crippen LogP contribution is -2.43. The Morgan fingerprint density at radius 2 is 2.35 bits per heavy atom. The average molecular weight is 314 g/mol. The Morgan fingerprint density at radius 1 is 1.48 bits per heavy atom. The first-order chi connectivity index (χ1) is 11.2. The molecule has 3 rings (SSSR count). The van der Waals surface area contributed by atoms with E-state index in [0.29, 0.717) is 6.54 Å². The van der Waals surface area contributed by atoms with Crippen molar-refractivity contribution in [1.82, 2.24) is 15.3 Å². The SMILES string of the molecule is CCc1nc(C)cc(N2CCCC2C(=O)NCc2ccco2)n1. The first kappa shape index (κ1) is 15.5. The zero-order valence-corrected chi connectivity index (χ0v) is 13.6. The number of anilines is 1. The molecule has 3 heterocycles. The van der Waals surface area contributed by atoms with Crippen molar-refractivity contribution in [3.05, 3.63) is 41.7 Å². The number of rotatable bonds is 5. The van der Waals surface area contributed by atoms with Crippen LogP contribution in [0.3, 0.4) is 0 Å². The summed E-state index contributed by atoms with van der Waals surface area (Å²) in [6.07, 6.45) is 4.23. The molecule has 0 saturated carbocycles.